The van der Waals surface area contributed by atoms with E-state index in [2.05, 4.69) is 22.1 Å². The highest BCUT2D eigenvalue weighted by molar-refractivity contribution is 5.89. The number of nitrogens with zero attached hydrogens (tertiary/aromatic N) is 3. The molecule has 138 valence electrons. The number of hydrogen-bond acceptors (Lipinski definition) is 3. The number of amides is 2. The molecule has 1 fully saturated rings. The molecule has 1 N–H and O–H groups in total. The molecule has 26 heavy (non-hydrogen) atoms. The number of benzene rings is 1. The predicted molar refractivity (Wildman–Crippen MR) is 100 cm³/mol. The van der Waals surface area contributed by atoms with Gasteiger partial charge in [-0.05, 0) is 67.9 Å². The van der Waals surface area contributed by atoms with Gasteiger partial charge in [0.15, 0.2) is 0 Å². The van der Waals surface area contributed by atoms with Gasteiger partial charge in [-0.25, -0.2) is 9.18 Å². The van der Waals surface area contributed by atoms with E-state index in [0.717, 1.165) is 25.1 Å². The Morgan fingerprint density at radius 2 is 2.00 bits per heavy atom. The highest BCUT2D eigenvalue weighted by Crippen LogP contribution is 2.19. The first-order chi connectivity index (χ1) is 12.7. The van der Waals surface area contributed by atoms with Crippen LogP contribution in [0, 0.1) is 5.82 Å². The van der Waals surface area contributed by atoms with Crippen LogP contribution in [0.25, 0.3) is 0 Å². The fourth-order valence-electron chi connectivity index (χ4n) is 3.44. The molecule has 1 aromatic carbocycles. The molecule has 0 radical (unpaired) electrons. The average molecular weight is 356 g/mol. The van der Waals surface area contributed by atoms with E-state index in [0.29, 0.717) is 24.8 Å². The molecule has 3 rings (SSSR count). The number of carbonyl (C=O) groups is 1. The van der Waals surface area contributed by atoms with Gasteiger partial charge in [-0.2, -0.15) is 0 Å². The maximum Gasteiger partial charge on any atom is 0.322 e. The summed E-state index contributed by atoms with van der Waals surface area (Å²) in [5.74, 6) is -0.318. The summed E-state index contributed by atoms with van der Waals surface area (Å²) < 4.78 is 13.1. The summed E-state index contributed by atoms with van der Waals surface area (Å²) in [6, 6.07) is 9.89. The number of aromatic nitrogens is 1. The topological polar surface area (TPSA) is 48.5 Å². The number of rotatable bonds is 6. The van der Waals surface area contributed by atoms with E-state index >= 15 is 0 Å². The van der Waals surface area contributed by atoms with Gasteiger partial charge in [0.2, 0.25) is 0 Å². The smallest absolute Gasteiger partial charge is 0.319 e. The third kappa shape index (κ3) is 4.79. The highest BCUT2D eigenvalue weighted by Gasteiger charge is 2.27. The van der Waals surface area contributed by atoms with E-state index in [-0.39, 0.29) is 11.8 Å². The van der Waals surface area contributed by atoms with Crippen molar-refractivity contribution in [2.75, 3.05) is 25.0 Å². The highest BCUT2D eigenvalue weighted by atomic mass is 19.1. The molecule has 2 aromatic rings. The lowest BCUT2D eigenvalue weighted by atomic mass is 10.2. The number of anilines is 1. The van der Waals surface area contributed by atoms with Gasteiger partial charge in [0.05, 0.1) is 0 Å². The van der Waals surface area contributed by atoms with E-state index in [4.69, 9.17) is 0 Å². The molecule has 0 unspecified atom stereocenters. The second-order valence-electron chi connectivity index (χ2n) is 6.60. The number of likely N-dealkylation sites (tertiary alicyclic amines) is 1. The van der Waals surface area contributed by atoms with Gasteiger partial charge in [0.25, 0.3) is 0 Å². The van der Waals surface area contributed by atoms with Gasteiger partial charge in [-0.3, -0.25) is 9.88 Å². The van der Waals surface area contributed by atoms with Gasteiger partial charge in [-0.1, -0.05) is 6.92 Å². The van der Waals surface area contributed by atoms with Crippen LogP contribution in [0.1, 0.15) is 25.3 Å². The first-order valence-corrected chi connectivity index (χ1v) is 9.10. The van der Waals surface area contributed by atoms with Crippen LogP contribution < -0.4 is 5.32 Å². The standard InChI is InChI=1S/C20H25FN4O/c1-2-24-13-3-4-19(24)15-25(14-16-9-11-22-12-10-16)20(26)23-18-7-5-17(21)6-8-18/h5-12,19H,2-4,13-15H2,1H3,(H,23,26)/t19-/m1/s1. The van der Waals surface area contributed by atoms with E-state index < -0.39 is 0 Å². The zero-order valence-corrected chi connectivity index (χ0v) is 15.1. The van der Waals surface area contributed by atoms with Crippen LogP contribution in [0.5, 0.6) is 0 Å². The molecule has 1 saturated heterocycles. The van der Waals surface area contributed by atoms with Crippen LogP contribution in [0.4, 0.5) is 14.9 Å². The Morgan fingerprint density at radius 1 is 1.27 bits per heavy atom. The van der Waals surface area contributed by atoms with Crippen LogP contribution in [-0.2, 0) is 6.54 Å². The second kappa shape index (κ2) is 8.76. The minimum atomic E-state index is -0.318. The zero-order chi connectivity index (χ0) is 18.4. The van der Waals surface area contributed by atoms with Gasteiger partial charge in [0, 0.05) is 37.2 Å². The van der Waals surface area contributed by atoms with Gasteiger partial charge in [-0.15, -0.1) is 0 Å². The zero-order valence-electron chi connectivity index (χ0n) is 15.1. The minimum Gasteiger partial charge on any atom is -0.319 e. The van der Waals surface area contributed by atoms with Crippen molar-refractivity contribution in [2.24, 2.45) is 0 Å². The molecule has 5 nitrogen and oxygen atoms in total. The van der Waals surface area contributed by atoms with Crippen molar-refractivity contribution in [1.29, 1.82) is 0 Å². The van der Waals surface area contributed by atoms with Crippen molar-refractivity contribution in [3.05, 3.63) is 60.2 Å². The van der Waals surface area contributed by atoms with Gasteiger partial charge < -0.3 is 10.2 Å². The molecule has 0 bridgehead atoms. The van der Waals surface area contributed by atoms with Crippen LogP contribution in [0.15, 0.2) is 48.8 Å². The van der Waals surface area contributed by atoms with Crippen LogP contribution in [-0.4, -0.2) is 46.5 Å². The molecule has 2 heterocycles. The number of urea groups is 1. The van der Waals surface area contributed by atoms with Crippen molar-refractivity contribution in [1.82, 2.24) is 14.8 Å². The second-order valence-corrected chi connectivity index (χ2v) is 6.60. The summed E-state index contributed by atoms with van der Waals surface area (Å²) in [6.45, 7) is 5.42. The summed E-state index contributed by atoms with van der Waals surface area (Å²) in [5.41, 5.74) is 1.63. The third-order valence-electron chi connectivity index (χ3n) is 4.84. The van der Waals surface area contributed by atoms with Crippen molar-refractivity contribution in [2.45, 2.75) is 32.4 Å². The fourth-order valence-corrected chi connectivity index (χ4v) is 3.44. The number of halogens is 1. The lowest BCUT2D eigenvalue weighted by Gasteiger charge is -2.30. The van der Waals surface area contributed by atoms with E-state index in [9.17, 15) is 9.18 Å². The van der Waals surface area contributed by atoms with Gasteiger partial charge in [0.1, 0.15) is 5.82 Å². The molecule has 0 spiro atoms. The van der Waals surface area contributed by atoms with Crippen LogP contribution in [0.2, 0.25) is 0 Å². The number of hydrogen-bond donors (Lipinski definition) is 1. The lowest BCUT2D eigenvalue weighted by Crippen LogP contribution is -2.44. The maximum atomic E-state index is 13.1. The number of likely N-dealkylation sites (N-methyl/N-ethyl adjacent to an activating group) is 1. The van der Waals surface area contributed by atoms with Crippen molar-refractivity contribution in [3.8, 4) is 0 Å². The fraction of sp³-hybridized carbons (Fsp3) is 0.400. The summed E-state index contributed by atoms with van der Waals surface area (Å²) >= 11 is 0. The van der Waals surface area contributed by atoms with Crippen molar-refractivity contribution < 1.29 is 9.18 Å². The Morgan fingerprint density at radius 3 is 2.69 bits per heavy atom. The Bertz CT molecular complexity index is 708. The van der Waals surface area contributed by atoms with Crippen LogP contribution >= 0.6 is 0 Å². The summed E-state index contributed by atoms with van der Waals surface area (Å²) in [5, 5.41) is 2.88. The first-order valence-electron chi connectivity index (χ1n) is 9.10. The third-order valence-corrected chi connectivity index (χ3v) is 4.84. The van der Waals surface area contributed by atoms with E-state index in [1.807, 2.05) is 17.0 Å². The average Bonchev–Trinajstić information content (AvgIpc) is 3.11. The van der Waals surface area contributed by atoms with Crippen molar-refractivity contribution in [3.63, 3.8) is 0 Å². The Kier molecular flexibility index (Phi) is 6.17. The summed E-state index contributed by atoms with van der Waals surface area (Å²) in [7, 11) is 0. The number of carbonyl (C=O) groups excluding carboxylic acids is 1. The van der Waals surface area contributed by atoms with E-state index in [1.54, 1.807) is 24.5 Å². The van der Waals surface area contributed by atoms with E-state index in [1.165, 1.54) is 18.6 Å². The van der Waals surface area contributed by atoms with Crippen LogP contribution in [0.3, 0.4) is 0 Å². The normalized spacial score (nSPS) is 17.2. The SMILES string of the molecule is CCN1CCC[C@@H]1CN(Cc1ccncc1)C(=O)Nc1ccc(F)cc1. The first kappa shape index (κ1) is 18.3. The van der Waals surface area contributed by atoms with Crippen molar-refractivity contribution >= 4 is 11.7 Å². The molecule has 0 saturated carbocycles. The predicted octanol–water partition coefficient (Wildman–Crippen LogP) is 3.74. The largest absolute Gasteiger partial charge is 0.322 e. The Balaban J connectivity index is 1.72. The monoisotopic (exact) mass is 356 g/mol. The molecular formula is C20H25FN4O. The molecule has 1 atom stereocenters. The molecule has 1 aliphatic rings. The summed E-state index contributed by atoms with van der Waals surface area (Å²) in [6.07, 6.45) is 5.74. The quantitative estimate of drug-likeness (QED) is 0.858. The molecular weight excluding hydrogens is 331 g/mol. The molecule has 2 amide bonds. The Labute approximate surface area is 153 Å². The summed E-state index contributed by atoms with van der Waals surface area (Å²) in [4.78, 5) is 21.2. The molecule has 0 aliphatic carbocycles. The van der Waals surface area contributed by atoms with Gasteiger partial charge >= 0.3 is 6.03 Å². The molecule has 1 aromatic heterocycles. The minimum absolute atomic E-state index is 0.170. The Hall–Kier alpha value is -2.47. The number of nitrogens with one attached hydrogen (secondary N) is 1. The number of pyridine rings is 1. The molecule has 1 aliphatic heterocycles. The lowest BCUT2D eigenvalue weighted by molar-refractivity contribution is 0.175. The maximum absolute atomic E-state index is 13.1. The molecule has 6 heteroatoms.